The van der Waals surface area contributed by atoms with Gasteiger partial charge in [0.25, 0.3) is 5.91 Å². The number of benzene rings is 3. The van der Waals surface area contributed by atoms with E-state index in [1.54, 1.807) is 7.05 Å². The number of likely N-dealkylation sites (N-methyl/N-ethyl adjacent to an activating group) is 1. The normalized spacial score (nSPS) is 10.8. The van der Waals surface area contributed by atoms with Gasteiger partial charge in [-0.1, -0.05) is 42.5 Å². The molecule has 0 atom stereocenters. The summed E-state index contributed by atoms with van der Waals surface area (Å²) in [5, 5.41) is 4.71. The first-order chi connectivity index (χ1) is 13.9. The van der Waals surface area contributed by atoms with Gasteiger partial charge in [-0.25, -0.2) is 0 Å². The maximum atomic E-state index is 12.3. The highest BCUT2D eigenvalue weighted by atomic mass is 19.3. The first-order valence-corrected chi connectivity index (χ1v) is 8.97. The van der Waals surface area contributed by atoms with Crippen molar-refractivity contribution in [3.63, 3.8) is 0 Å². The van der Waals surface area contributed by atoms with Crippen molar-refractivity contribution in [1.82, 2.24) is 10.2 Å². The van der Waals surface area contributed by atoms with Gasteiger partial charge in [-0.3, -0.25) is 9.59 Å². The molecule has 0 bridgehead atoms. The number of hydrogen-bond donors (Lipinski definition) is 1. The van der Waals surface area contributed by atoms with Crippen molar-refractivity contribution in [2.45, 2.75) is 13.2 Å². The molecular weight excluding hydrogens is 378 g/mol. The molecule has 7 heteroatoms. The van der Waals surface area contributed by atoms with Crippen LogP contribution in [0.5, 0.6) is 5.75 Å². The molecule has 0 spiro atoms. The number of alkyl halides is 2. The second kappa shape index (κ2) is 9.14. The predicted molar refractivity (Wildman–Crippen MR) is 106 cm³/mol. The molecule has 0 unspecified atom stereocenters. The van der Waals surface area contributed by atoms with E-state index in [9.17, 15) is 18.4 Å². The number of halogens is 2. The monoisotopic (exact) mass is 398 g/mol. The van der Waals surface area contributed by atoms with Crippen molar-refractivity contribution >= 4 is 22.6 Å². The minimum atomic E-state index is -2.97. The van der Waals surface area contributed by atoms with Gasteiger partial charge in [0.2, 0.25) is 5.91 Å². The van der Waals surface area contributed by atoms with Crippen molar-refractivity contribution in [3.05, 3.63) is 77.9 Å². The fourth-order valence-electron chi connectivity index (χ4n) is 2.91. The Labute approximate surface area is 166 Å². The number of carbonyl (C=O) groups is 2. The lowest BCUT2D eigenvalue weighted by Gasteiger charge is -2.18. The van der Waals surface area contributed by atoms with Crippen LogP contribution >= 0.6 is 0 Å². The Kier molecular flexibility index (Phi) is 6.39. The molecule has 0 fully saturated rings. The predicted octanol–water partition coefficient (Wildman–Crippen LogP) is 3.83. The van der Waals surface area contributed by atoms with Crippen LogP contribution in [0.25, 0.3) is 10.8 Å². The van der Waals surface area contributed by atoms with Crippen molar-refractivity contribution in [2.24, 2.45) is 0 Å². The lowest BCUT2D eigenvalue weighted by Crippen LogP contribution is -2.37. The van der Waals surface area contributed by atoms with Crippen LogP contribution in [-0.4, -0.2) is 36.9 Å². The number of hydrogen-bond acceptors (Lipinski definition) is 3. The Morgan fingerprint density at radius 2 is 1.76 bits per heavy atom. The standard InChI is InChI=1S/C22H20F2N2O3/c1-26(14-15-9-10-16-5-2-3-6-17(16)11-15)20(27)13-25-21(28)18-7-4-8-19(12-18)29-22(23)24/h2-12,22H,13-14H2,1H3,(H,25,28). The molecule has 3 aromatic rings. The van der Waals surface area contributed by atoms with Crippen LogP contribution in [-0.2, 0) is 11.3 Å². The Morgan fingerprint density at radius 1 is 1.00 bits per heavy atom. The van der Waals surface area contributed by atoms with E-state index in [1.807, 2.05) is 42.5 Å². The molecule has 0 aliphatic rings. The highest BCUT2D eigenvalue weighted by molar-refractivity contribution is 5.96. The molecule has 3 aromatic carbocycles. The summed E-state index contributed by atoms with van der Waals surface area (Å²) in [6.45, 7) is -2.78. The number of nitrogens with zero attached hydrogens (tertiary/aromatic N) is 1. The van der Waals surface area contributed by atoms with E-state index in [0.29, 0.717) is 6.54 Å². The lowest BCUT2D eigenvalue weighted by atomic mass is 10.1. The van der Waals surface area contributed by atoms with Crippen LogP contribution in [0.2, 0.25) is 0 Å². The summed E-state index contributed by atoms with van der Waals surface area (Å²) >= 11 is 0. The van der Waals surface area contributed by atoms with Crippen LogP contribution in [0.4, 0.5) is 8.78 Å². The molecule has 3 rings (SSSR count). The highest BCUT2D eigenvalue weighted by Gasteiger charge is 2.13. The van der Waals surface area contributed by atoms with Crippen molar-refractivity contribution < 1.29 is 23.1 Å². The summed E-state index contributed by atoms with van der Waals surface area (Å²) in [5.41, 5.74) is 1.11. The molecule has 0 aromatic heterocycles. The van der Waals surface area contributed by atoms with E-state index in [-0.39, 0.29) is 23.8 Å². The third-order valence-electron chi connectivity index (χ3n) is 4.38. The molecule has 29 heavy (non-hydrogen) atoms. The number of rotatable bonds is 7. The Hall–Kier alpha value is -3.48. The van der Waals surface area contributed by atoms with Gasteiger partial charge in [0, 0.05) is 19.2 Å². The molecule has 5 nitrogen and oxygen atoms in total. The van der Waals surface area contributed by atoms with Crippen LogP contribution < -0.4 is 10.1 Å². The van der Waals surface area contributed by atoms with Crippen molar-refractivity contribution in [1.29, 1.82) is 0 Å². The SMILES string of the molecule is CN(Cc1ccc2ccccc2c1)C(=O)CNC(=O)c1cccc(OC(F)F)c1. The largest absolute Gasteiger partial charge is 0.435 e. The number of fused-ring (bicyclic) bond motifs is 1. The first kappa shape index (κ1) is 20.3. The molecule has 150 valence electrons. The Morgan fingerprint density at radius 3 is 2.52 bits per heavy atom. The van der Waals surface area contributed by atoms with Crippen LogP contribution in [0.3, 0.4) is 0 Å². The van der Waals surface area contributed by atoms with E-state index in [4.69, 9.17) is 0 Å². The number of ether oxygens (including phenoxy) is 1. The zero-order chi connectivity index (χ0) is 20.8. The molecular formula is C22H20F2N2O3. The average molecular weight is 398 g/mol. The zero-order valence-corrected chi connectivity index (χ0v) is 15.8. The number of carbonyl (C=O) groups excluding carboxylic acids is 2. The topological polar surface area (TPSA) is 58.6 Å². The smallest absolute Gasteiger partial charge is 0.387 e. The molecule has 0 saturated heterocycles. The molecule has 0 radical (unpaired) electrons. The van der Waals surface area contributed by atoms with Crippen LogP contribution in [0, 0.1) is 0 Å². The Bertz CT molecular complexity index is 1020. The van der Waals surface area contributed by atoms with Crippen molar-refractivity contribution in [3.8, 4) is 5.75 Å². The number of amides is 2. The number of nitrogens with one attached hydrogen (secondary N) is 1. The quantitative estimate of drug-likeness (QED) is 0.658. The molecule has 0 heterocycles. The van der Waals surface area contributed by atoms with Gasteiger partial charge in [-0.05, 0) is 40.6 Å². The van der Waals surface area contributed by atoms with Crippen molar-refractivity contribution in [2.75, 3.05) is 13.6 Å². The molecule has 1 N–H and O–H groups in total. The maximum absolute atomic E-state index is 12.3. The van der Waals surface area contributed by atoms with E-state index >= 15 is 0 Å². The zero-order valence-electron chi connectivity index (χ0n) is 15.8. The Balaban J connectivity index is 1.56. The van der Waals surface area contributed by atoms with E-state index < -0.39 is 12.5 Å². The van der Waals surface area contributed by atoms with Gasteiger partial charge < -0.3 is 15.0 Å². The summed E-state index contributed by atoms with van der Waals surface area (Å²) < 4.78 is 28.9. The second-order valence-electron chi connectivity index (χ2n) is 6.52. The van der Waals surface area contributed by atoms with E-state index in [1.165, 1.54) is 29.2 Å². The van der Waals surface area contributed by atoms with E-state index in [2.05, 4.69) is 10.1 Å². The van der Waals surface area contributed by atoms with Gasteiger partial charge >= 0.3 is 6.61 Å². The summed E-state index contributed by atoms with van der Waals surface area (Å²) in [6.07, 6.45) is 0. The molecule has 2 amide bonds. The summed E-state index contributed by atoms with van der Waals surface area (Å²) in [6, 6.07) is 19.3. The summed E-state index contributed by atoms with van der Waals surface area (Å²) in [5.74, 6) is -0.934. The summed E-state index contributed by atoms with van der Waals surface area (Å²) in [7, 11) is 1.65. The van der Waals surface area contributed by atoms with Gasteiger partial charge in [-0.2, -0.15) is 8.78 Å². The van der Waals surface area contributed by atoms with Gasteiger partial charge in [0.1, 0.15) is 5.75 Å². The summed E-state index contributed by atoms with van der Waals surface area (Å²) in [4.78, 5) is 26.1. The molecule has 0 saturated carbocycles. The average Bonchev–Trinajstić information content (AvgIpc) is 2.71. The van der Waals surface area contributed by atoms with E-state index in [0.717, 1.165) is 16.3 Å². The third kappa shape index (κ3) is 5.51. The van der Waals surface area contributed by atoms with Crippen LogP contribution in [0.1, 0.15) is 15.9 Å². The minimum Gasteiger partial charge on any atom is -0.435 e. The minimum absolute atomic E-state index is 0.118. The maximum Gasteiger partial charge on any atom is 0.387 e. The van der Waals surface area contributed by atoms with Crippen LogP contribution in [0.15, 0.2) is 66.7 Å². The fraction of sp³-hybridized carbons (Fsp3) is 0.182. The third-order valence-corrected chi connectivity index (χ3v) is 4.38. The second-order valence-corrected chi connectivity index (χ2v) is 6.52. The van der Waals surface area contributed by atoms with Gasteiger partial charge in [0.15, 0.2) is 0 Å². The molecule has 0 aliphatic heterocycles. The highest BCUT2D eigenvalue weighted by Crippen LogP contribution is 2.17. The fourth-order valence-corrected chi connectivity index (χ4v) is 2.91. The van der Waals surface area contributed by atoms with Gasteiger partial charge in [0.05, 0.1) is 6.54 Å². The molecule has 0 aliphatic carbocycles. The first-order valence-electron chi connectivity index (χ1n) is 8.97. The van der Waals surface area contributed by atoms with Gasteiger partial charge in [-0.15, -0.1) is 0 Å². The lowest BCUT2D eigenvalue weighted by molar-refractivity contribution is -0.129.